The number of ether oxygens (including phenoxy) is 2. The molecule has 0 saturated carbocycles. The molecule has 1 heterocycles. The lowest BCUT2D eigenvalue weighted by molar-refractivity contribution is -0.139. The van der Waals surface area contributed by atoms with E-state index in [-0.39, 0.29) is 23.4 Å². The molecule has 1 aromatic heterocycles. The van der Waals surface area contributed by atoms with Crippen molar-refractivity contribution in [1.82, 2.24) is 4.98 Å². The standard InChI is InChI=1S/C10H10BrF2NO3/c1-16-7(15)4-5-3-6(11)14-10(17-2)8(5)9(12)13/h3,9H,4H2,1-2H3. The summed E-state index contributed by atoms with van der Waals surface area (Å²) in [5, 5.41) is 0. The number of nitrogens with zero attached hydrogens (tertiary/aromatic N) is 1. The van der Waals surface area contributed by atoms with Gasteiger partial charge in [0.05, 0.1) is 26.2 Å². The number of carbonyl (C=O) groups is 1. The van der Waals surface area contributed by atoms with Crippen LogP contribution in [0.3, 0.4) is 0 Å². The normalized spacial score (nSPS) is 10.5. The van der Waals surface area contributed by atoms with Crippen molar-refractivity contribution in [3.8, 4) is 5.88 Å². The highest BCUT2D eigenvalue weighted by molar-refractivity contribution is 9.10. The number of aromatic nitrogens is 1. The Bertz CT molecular complexity index is 426. The summed E-state index contributed by atoms with van der Waals surface area (Å²) in [5.74, 6) is -0.805. The third-order valence-corrected chi connectivity index (χ3v) is 2.46. The average Bonchev–Trinajstić information content (AvgIpc) is 2.27. The van der Waals surface area contributed by atoms with Gasteiger partial charge in [-0.3, -0.25) is 4.79 Å². The minimum atomic E-state index is -2.77. The summed E-state index contributed by atoms with van der Waals surface area (Å²) in [4.78, 5) is 14.9. The Balaban J connectivity index is 3.25. The molecule has 0 spiro atoms. The van der Waals surface area contributed by atoms with E-state index in [0.29, 0.717) is 4.60 Å². The lowest BCUT2D eigenvalue weighted by Crippen LogP contribution is -2.09. The van der Waals surface area contributed by atoms with Crippen molar-refractivity contribution in [2.24, 2.45) is 0 Å². The van der Waals surface area contributed by atoms with Gasteiger partial charge in [-0.1, -0.05) is 0 Å². The van der Waals surface area contributed by atoms with Crippen molar-refractivity contribution in [3.05, 3.63) is 21.8 Å². The molecule has 0 aliphatic rings. The second-order valence-corrected chi connectivity index (χ2v) is 3.89. The largest absolute Gasteiger partial charge is 0.481 e. The van der Waals surface area contributed by atoms with Gasteiger partial charge in [-0.05, 0) is 27.6 Å². The van der Waals surface area contributed by atoms with E-state index in [1.54, 1.807) is 0 Å². The molecule has 0 radical (unpaired) electrons. The third kappa shape index (κ3) is 3.36. The van der Waals surface area contributed by atoms with Gasteiger partial charge in [0.15, 0.2) is 0 Å². The average molecular weight is 310 g/mol. The van der Waals surface area contributed by atoms with Crippen LogP contribution in [0.1, 0.15) is 17.6 Å². The van der Waals surface area contributed by atoms with E-state index >= 15 is 0 Å². The molecule has 0 unspecified atom stereocenters. The van der Waals surface area contributed by atoms with Crippen LogP contribution >= 0.6 is 15.9 Å². The molecular formula is C10H10BrF2NO3. The van der Waals surface area contributed by atoms with Crippen LogP contribution < -0.4 is 4.74 Å². The van der Waals surface area contributed by atoms with E-state index in [1.165, 1.54) is 20.3 Å². The number of esters is 1. The van der Waals surface area contributed by atoms with Crippen LogP contribution in [0, 0.1) is 0 Å². The molecule has 0 amide bonds. The van der Waals surface area contributed by atoms with Crippen LogP contribution in [0.25, 0.3) is 0 Å². The van der Waals surface area contributed by atoms with Gasteiger partial charge in [0.2, 0.25) is 5.88 Å². The Labute approximate surface area is 105 Å². The molecule has 7 heteroatoms. The molecule has 4 nitrogen and oxygen atoms in total. The zero-order valence-electron chi connectivity index (χ0n) is 9.17. The van der Waals surface area contributed by atoms with Gasteiger partial charge < -0.3 is 9.47 Å². The maximum atomic E-state index is 12.9. The van der Waals surface area contributed by atoms with Crippen LogP contribution in [-0.4, -0.2) is 25.2 Å². The monoisotopic (exact) mass is 309 g/mol. The van der Waals surface area contributed by atoms with Crippen LogP contribution in [0.15, 0.2) is 10.7 Å². The zero-order chi connectivity index (χ0) is 13.0. The zero-order valence-corrected chi connectivity index (χ0v) is 10.8. The molecule has 0 atom stereocenters. The fourth-order valence-electron chi connectivity index (χ4n) is 1.31. The van der Waals surface area contributed by atoms with Crippen molar-refractivity contribution < 1.29 is 23.0 Å². The predicted molar refractivity (Wildman–Crippen MR) is 59.2 cm³/mol. The van der Waals surface area contributed by atoms with Crippen molar-refractivity contribution in [1.29, 1.82) is 0 Å². The molecule has 0 saturated heterocycles. The predicted octanol–water partition coefficient (Wildman–Crippen LogP) is 2.51. The summed E-state index contributed by atoms with van der Waals surface area (Å²) >= 11 is 3.06. The Morgan fingerprint density at radius 3 is 2.65 bits per heavy atom. The fraction of sp³-hybridized carbons (Fsp3) is 0.400. The Morgan fingerprint density at radius 2 is 2.18 bits per heavy atom. The van der Waals surface area contributed by atoms with Gasteiger partial charge in [0, 0.05) is 0 Å². The van der Waals surface area contributed by atoms with Crippen molar-refractivity contribution in [2.75, 3.05) is 14.2 Å². The third-order valence-electron chi connectivity index (χ3n) is 2.05. The first-order valence-corrected chi connectivity index (χ1v) is 5.37. The molecule has 0 N–H and O–H groups in total. The number of halogens is 3. The number of carbonyl (C=O) groups excluding carboxylic acids is 1. The van der Waals surface area contributed by atoms with Crippen molar-refractivity contribution in [3.63, 3.8) is 0 Å². The Kier molecular flexibility index (Phi) is 4.80. The smallest absolute Gasteiger partial charge is 0.309 e. The second-order valence-electron chi connectivity index (χ2n) is 3.08. The molecule has 1 rings (SSSR count). The Hall–Kier alpha value is -1.24. The first kappa shape index (κ1) is 13.8. The quantitative estimate of drug-likeness (QED) is 0.633. The van der Waals surface area contributed by atoms with Gasteiger partial charge in [-0.2, -0.15) is 0 Å². The second kappa shape index (κ2) is 5.90. The van der Waals surface area contributed by atoms with E-state index in [4.69, 9.17) is 4.74 Å². The molecule has 0 fully saturated rings. The van der Waals surface area contributed by atoms with E-state index in [1.807, 2.05) is 0 Å². The summed E-state index contributed by atoms with van der Waals surface area (Å²) in [7, 11) is 2.43. The summed E-state index contributed by atoms with van der Waals surface area (Å²) in [5.41, 5.74) is -0.258. The number of hydrogen-bond donors (Lipinski definition) is 0. The lowest BCUT2D eigenvalue weighted by Gasteiger charge is -2.12. The number of rotatable bonds is 4. The fourth-order valence-corrected chi connectivity index (χ4v) is 1.75. The van der Waals surface area contributed by atoms with Gasteiger partial charge in [0.25, 0.3) is 6.43 Å². The SMILES string of the molecule is COC(=O)Cc1cc(Br)nc(OC)c1C(F)F. The molecule has 0 aromatic carbocycles. The number of alkyl halides is 2. The van der Waals surface area contributed by atoms with Gasteiger partial charge in [0.1, 0.15) is 4.60 Å². The first-order chi connectivity index (χ1) is 7.99. The van der Waals surface area contributed by atoms with E-state index < -0.39 is 12.4 Å². The van der Waals surface area contributed by atoms with Crippen LogP contribution in [0.5, 0.6) is 5.88 Å². The number of pyridine rings is 1. The molecule has 94 valence electrons. The number of hydrogen-bond acceptors (Lipinski definition) is 4. The Morgan fingerprint density at radius 1 is 1.53 bits per heavy atom. The van der Waals surface area contributed by atoms with E-state index in [9.17, 15) is 13.6 Å². The van der Waals surface area contributed by atoms with Crippen molar-refractivity contribution in [2.45, 2.75) is 12.8 Å². The van der Waals surface area contributed by atoms with Crippen LogP contribution in [-0.2, 0) is 16.0 Å². The highest BCUT2D eigenvalue weighted by atomic mass is 79.9. The van der Waals surface area contributed by atoms with Crippen molar-refractivity contribution >= 4 is 21.9 Å². The van der Waals surface area contributed by atoms with Gasteiger partial charge in [-0.25, -0.2) is 13.8 Å². The summed E-state index contributed by atoms with van der Waals surface area (Å²) in [6.07, 6.45) is -3.03. The molecule has 0 bridgehead atoms. The lowest BCUT2D eigenvalue weighted by atomic mass is 10.1. The minimum absolute atomic E-state index is 0.130. The molecule has 0 aliphatic carbocycles. The molecule has 1 aromatic rings. The van der Waals surface area contributed by atoms with Crippen LogP contribution in [0.4, 0.5) is 8.78 Å². The van der Waals surface area contributed by atoms with Gasteiger partial charge in [-0.15, -0.1) is 0 Å². The summed E-state index contributed by atoms with van der Waals surface area (Å²) in [6.45, 7) is 0. The van der Waals surface area contributed by atoms with Gasteiger partial charge >= 0.3 is 5.97 Å². The topological polar surface area (TPSA) is 48.4 Å². The summed E-state index contributed by atoms with van der Waals surface area (Å²) in [6, 6.07) is 1.35. The molecule has 17 heavy (non-hydrogen) atoms. The van der Waals surface area contributed by atoms with E-state index in [0.717, 1.165) is 0 Å². The first-order valence-electron chi connectivity index (χ1n) is 4.57. The molecular weight excluding hydrogens is 300 g/mol. The minimum Gasteiger partial charge on any atom is -0.481 e. The highest BCUT2D eigenvalue weighted by Gasteiger charge is 2.22. The number of methoxy groups -OCH3 is 2. The molecule has 0 aliphatic heterocycles. The van der Waals surface area contributed by atoms with Crippen LogP contribution in [0.2, 0.25) is 0 Å². The van der Waals surface area contributed by atoms with E-state index in [2.05, 4.69) is 25.7 Å². The maximum absolute atomic E-state index is 12.9. The maximum Gasteiger partial charge on any atom is 0.309 e. The summed E-state index contributed by atoms with van der Waals surface area (Å²) < 4.78 is 35.3. The highest BCUT2D eigenvalue weighted by Crippen LogP contribution is 2.33.